The molecule has 128 valence electrons. The van der Waals surface area contributed by atoms with Crippen molar-refractivity contribution in [3.05, 3.63) is 60.2 Å². The van der Waals surface area contributed by atoms with Crippen molar-refractivity contribution in [2.45, 2.75) is 36.5 Å². The fourth-order valence-corrected chi connectivity index (χ4v) is 4.10. The maximum absolute atomic E-state index is 12.9. The number of sulfone groups is 1. The average Bonchev–Trinajstić information content (AvgIpc) is 2.61. The number of rotatable bonds is 7. The number of benzene rings is 2. The molecule has 0 aliphatic heterocycles. The first kappa shape index (κ1) is 18.2. The Morgan fingerprint density at radius 2 is 1.42 bits per heavy atom. The number of hydrogen-bond donors (Lipinski definition) is 0. The van der Waals surface area contributed by atoms with Gasteiger partial charge in [0.1, 0.15) is 0 Å². The molecule has 0 saturated heterocycles. The van der Waals surface area contributed by atoms with E-state index in [-0.39, 0.29) is 21.3 Å². The van der Waals surface area contributed by atoms with Crippen LogP contribution in [-0.4, -0.2) is 32.3 Å². The predicted molar refractivity (Wildman–Crippen MR) is 94.8 cm³/mol. The molecule has 2 rings (SSSR count). The highest BCUT2D eigenvalue weighted by molar-refractivity contribution is 7.91. The molecule has 0 heterocycles. The lowest BCUT2D eigenvalue weighted by molar-refractivity contribution is 0.0751. The van der Waals surface area contributed by atoms with Gasteiger partial charge in [0.05, 0.1) is 15.4 Å². The van der Waals surface area contributed by atoms with Crippen LogP contribution in [0.5, 0.6) is 0 Å². The molecule has 0 bridgehead atoms. The molecular formula is C19H23NO3S. The lowest BCUT2D eigenvalue weighted by Crippen LogP contribution is -2.33. The topological polar surface area (TPSA) is 54.5 Å². The Morgan fingerprint density at radius 3 is 2.00 bits per heavy atom. The largest absolute Gasteiger partial charge is 0.339 e. The minimum Gasteiger partial charge on any atom is -0.339 e. The molecule has 5 heteroatoms. The number of carbonyl (C=O) groups excluding carboxylic acids is 1. The van der Waals surface area contributed by atoms with Gasteiger partial charge in [-0.2, -0.15) is 0 Å². The maximum Gasteiger partial charge on any atom is 0.255 e. The van der Waals surface area contributed by atoms with Crippen LogP contribution in [0.1, 0.15) is 37.0 Å². The van der Waals surface area contributed by atoms with Gasteiger partial charge < -0.3 is 4.90 Å². The second kappa shape index (κ2) is 8.11. The Morgan fingerprint density at radius 1 is 0.875 bits per heavy atom. The van der Waals surface area contributed by atoms with Crippen LogP contribution in [0.15, 0.2) is 64.4 Å². The van der Waals surface area contributed by atoms with Gasteiger partial charge in [0.25, 0.3) is 5.91 Å². The first-order valence-electron chi connectivity index (χ1n) is 8.20. The molecule has 0 atom stereocenters. The van der Waals surface area contributed by atoms with E-state index >= 15 is 0 Å². The fraction of sp³-hybridized carbons (Fsp3) is 0.316. The summed E-state index contributed by atoms with van der Waals surface area (Å²) >= 11 is 0. The van der Waals surface area contributed by atoms with E-state index in [1.54, 1.807) is 53.4 Å². The summed E-state index contributed by atoms with van der Waals surface area (Å²) in [7, 11) is -3.73. The van der Waals surface area contributed by atoms with Gasteiger partial charge in [-0.05, 0) is 37.1 Å². The SMILES string of the molecule is CCCN(CCC)C(=O)c1ccccc1S(=O)(=O)c1ccccc1. The summed E-state index contributed by atoms with van der Waals surface area (Å²) in [6, 6.07) is 14.7. The molecule has 1 amide bonds. The van der Waals surface area contributed by atoms with Gasteiger partial charge in [-0.1, -0.05) is 44.2 Å². The molecule has 2 aromatic rings. The molecule has 0 spiro atoms. The molecule has 0 aromatic heterocycles. The normalized spacial score (nSPS) is 11.2. The lowest BCUT2D eigenvalue weighted by Gasteiger charge is -2.22. The number of nitrogens with zero attached hydrogens (tertiary/aromatic N) is 1. The van der Waals surface area contributed by atoms with Crippen LogP contribution < -0.4 is 0 Å². The van der Waals surface area contributed by atoms with Crippen molar-refractivity contribution in [3.63, 3.8) is 0 Å². The monoisotopic (exact) mass is 345 g/mol. The van der Waals surface area contributed by atoms with Crippen LogP contribution in [0.3, 0.4) is 0 Å². The van der Waals surface area contributed by atoms with Crippen LogP contribution in [-0.2, 0) is 9.84 Å². The standard InChI is InChI=1S/C19H23NO3S/c1-3-14-20(15-4-2)19(21)17-12-8-9-13-18(17)24(22,23)16-10-6-5-7-11-16/h5-13H,3-4,14-15H2,1-2H3. The van der Waals surface area contributed by atoms with Gasteiger partial charge in [0, 0.05) is 13.1 Å². The zero-order chi connectivity index (χ0) is 17.6. The Labute approximate surface area is 144 Å². The summed E-state index contributed by atoms with van der Waals surface area (Å²) < 4.78 is 25.9. The predicted octanol–water partition coefficient (Wildman–Crippen LogP) is 3.78. The summed E-state index contributed by atoms with van der Waals surface area (Å²) in [4.78, 5) is 14.9. The van der Waals surface area contributed by atoms with Crippen molar-refractivity contribution in [1.82, 2.24) is 4.90 Å². The van der Waals surface area contributed by atoms with E-state index in [0.717, 1.165) is 12.8 Å². The van der Waals surface area contributed by atoms with Crippen molar-refractivity contribution in [2.24, 2.45) is 0 Å². The highest BCUT2D eigenvalue weighted by Crippen LogP contribution is 2.25. The van der Waals surface area contributed by atoms with Crippen molar-refractivity contribution in [2.75, 3.05) is 13.1 Å². The Hall–Kier alpha value is -2.14. The first-order chi connectivity index (χ1) is 11.5. The highest BCUT2D eigenvalue weighted by atomic mass is 32.2. The molecule has 0 fully saturated rings. The molecule has 24 heavy (non-hydrogen) atoms. The van der Waals surface area contributed by atoms with E-state index in [1.807, 2.05) is 13.8 Å². The first-order valence-corrected chi connectivity index (χ1v) is 9.69. The Bertz CT molecular complexity index is 779. The third-order valence-corrected chi connectivity index (χ3v) is 5.56. The molecule has 4 nitrogen and oxygen atoms in total. The van der Waals surface area contributed by atoms with Crippen LogP contribution in [0, 0.1) is 0 Å². The molecule has 0 saturated carbocycles. The Kier molecular flexibility index (Phi) is 6.15. The number of hydrogen-bond acceptors (Lipinski definition) is 3. The van der Waals surface area contributed by atoms with Crippen LogP contribution in [0.2, 0.25) is 0 Å². The maximum atomic E-state index is 12.9. The van der Waals surface area contributed by atoms with E-state index in [2.05, 4.69) is 0 Å². The zero-order valence-electron chi connectivity index (χ0n) is 14.1. The third kappa shape index (κ3) is 3.85. The van der Waals surface area contributed by atoms with E-state index in [0.29, 0.717) is 13.1 Å². The zero-order valence-corrected chi connectivity index (χ0v) is 14.9. The summed E-state index contributed by atoms with van der Waals surface area (Å²) in [6.45, 7) is 5.24. The minimum atomic E-state index is -3.73. The van der Waals surface area contributed by atoms with Gasteiger partial charge in [-0.25, -0.2) is 8.42 Å². The van der Waals surface area contributed by atoms with Gasteiger partial charge >= 0.3 is 0 Å². The van der Waals surface area contributed by atoms with Crippen LogP contribution in [0.4, 0.5) is 0 Å². The van der Waals surface area contributed by atoms with Crippen molar-refractivity contribution in [3.8, 4) is 0 Å². The van der Waals surface area contributed by atoms with Crippen LogP contribution >= 0.6 is 0 Å². The summed E-state index contributed by atoms with van der Waals surface area (Å²) in [5.74, 6) is -0.228. The van der Waals surface area contributed by atoms with E-state index in [4.69, 9.17) is 0 Å². The average molecular weight is 345 g/mol. The molecule has 2 aromatic carbocycles. The van der Waals surface area contributed by atoms with Gasteiger partial charge in [0.15, 0.2) is 0 Å². The van der Waals surface area contributed by atoms with Crippen molar-refractivity contribution >= 4 is 15.7 Å². The fourth-order valence-electron chi connectivity index (χ4n) is 2.63. The molecule has 0 aliphatic rings. The minimum absolute atomic E-state index is 0.0680. The van der Waals surface area contributed by atoms with E-state index in [1.165, 1.54) is 6.07 Å². The van der Waals surface area contributed by atoms with Crippen molar-refractivity contribution in [1.29, 1.82) is 0 Å². The third-order valence-electron chi connectivity index (χ3n) is 3.73. The van der Waals surface area contributed by atoms with Gasteiger partial charge in [-0.15, -0.1) is 0 Å². The van der Waals surface area contributed by atoms with Crippen LogP contribution in [0.25, 0.3) is 0 Å². The molecule has 0 aliphatic carbocycles. The smallest absolute Gasteiger partial charge is 0.255 e. The summed E-state index contributed by atoms with van der Waals surface area (Å²) in [5.41, 5.74) is 0.239. The Balaban J connectivity index is 2.49. The molecule has 0 radical (unpaired) electrons. The second-order valence-corrected chi connectivity index (χ2v) is 7.52. The van der Waals surface area contributed by atoms with E-state index < -0.39 is 9.84 Å². The number of carbonyl (C=O) groups is 1. The molecular weight excluding hydrogens is 322 g/mol. The molecule has 0 N–H and O–H groups in total. The van der Waals surface area contributed by atoms with E-state index in [9.17, 15) is 13.2 Å². The highest BCUT2D eigenvalue weighted by Gasteiger charge is 2.26. The number of amides is 1. The second-order valence-electron chi connectivity index (χ2n) is 5.60. The van der Waals surface area contributed by atoms with Gasteiger partial charge in [0.2, 0.25) is 9.84 Å². The van der Waals surface area contributed by atoms with Crippen molar-refractivity contribution < 1.29 is 13.2 Å². The molecule has 0 unspecified atom stereocenters. The lowest BCUT2D eigenvalue weighted by atomic mass is 10.2. The summed E-state index contributed by atoms with van der Waals surface area (Å²) in [5, 5.41) is 0. The quantitative estimate of drug-likeness (QED) is 0.767. The van der Waals surface area contributed by atoms with Gasteiger partial charge in [-0.3, -0.25) is 4.79 Å². The summed E-state index contributed by atoms with van der Waals surface area (Å²) in [6.07, 6.45) is 1.67.